The van der Waals surface area contributed by atoms with Crippen LogP contribution in [-0.2, 0) is 4.74 Å². The molecule has 7 nitrogen and oxygen atoms in total. The minimum atomic E-state index is -0.813. The number of carbonyl (C=O) groups is 1. The van der Waals surface area contributed by atoms with E-state index in [0.29, 0.717) is 11.0 Å². The van der Waals surface area contributed by atoms with Crippen LogP contribution in [0.1, 0.15) is 16.2 Å². The largest absolute Gasteiger partial charge is 0.507 e. The van der Waals surface area contributed by atoms with E-state index in [1.54, 1.807) is 30.3 Å². The van der Waals surface area contributed by atoms with Crippen molar-refractivity contribution in [1.82, 2.24) is 9.97 Å². The van der Waals surface area contributed by atoms with Crippen LogP contribution >= 0.6 is 0 Å². The van der Waals surface area contributed by atoms with Crippen LogP contribution in [0.15, 0.2) is 54.3 Å². The summed E-state index contributed by atoms with van der Waals surface area (Å²) in [7, 11) is 0. The van der Waals surface area contributed by atoms with E-state index in [2.05, 4.69) is 9.97 Å². The van der Waals surface area contributed by atoms with Gasteiger partial charge in [-0.25, -0.2) is 9.78 Å². The number of imidazole rings is 1. The molecule has 1 heterocycles. The number of nitrogens with one attached hydrogen (secondary N) is 1. The third-order valence-corrected chi connectivity index (χ3v) is 3.49. The van der Waals surface area contributed by atoms with E-state index in [-0.39, 0.29) is 22.7 Å². The van der Waals surface area contributed by atoms with Crippen LogP contribution in [-0.4, -0.2) is 32.8 Å². The number of esters is 1. The number of phenols is 1. The second-order valence-corrected chi connectivity index (χ2v) is 5.13. The lowest BCUT2D eigenvalue weighted by atomic mass is 10.2. The van der Waals surface area contributed by atoms with Crippen LogP contribution in [0.25, 0.3) is 16.6 Å². The predicted molar refractivity (Wildman–Crippen MR) is 89.6 cm³/mol. The van der Waals surface area contributed by atoms with Crippen molar-refractivity contribution < 1.29 is 19.7 Å². The highest BCUT2D eigenvalue weighted by Crippen LogP contribution is 2.20. The fraction of sp³-hybridized carbons (Fsp3) is 0.0556. The number of ether oxygens (including phenoxy) is 1. The Labute approximate surface area is 142 Å². The summed E-state index contributed by atoms with van der Waals surface area (Å²) in [5.41, 5.74) is 1.20. The van der Waals surface area contributed by atoms with E-state index in [9.17, 15) is 20.3 Å². The molecule has 0 aliphatic carbocycles. The molecule has 1 aromatic heterocycles. The number of H-pyrrole nitrogens is 1. The van der Waals surface area contributed by atoms with E-state index in [1.165, 1.54) is 12.1 Å². The number of fused-ring (bicyclic) bond motifs is 1. The highest BCUT2D eigenvalue weighted by molar-refractivity contribution is 5.92. The zero-order chi connectivity index (χ0) is 17.8. The van der Waals surface area contributed by atoms with Gasteiger partial charge in [0.2, 0.25) is 0 Å². The maximum absolute atomic E-state index is 11.9. The molecule has 0 saturated heterocycles. The van der Waals surface area contributed by atoms with Gasteiger partial charge >= 0.3 is 5.97 Å². The Kier molecular flexibility index (Phi) is 4.35. The number of para-hydroxylation sites is 3. The molecule has 0 aliphatic rings. The van der Waals surface area contributed by atoms with Crippen molar-refractivity contribution in [3.63, 3.8) is 0 Å². The minimum Gasteiger partial charge on any atom is -0.507 e. The summed E-state index contributed by atoms with van der Waals surface area (Å²) < 4.78 is 4.95. The van der Waals surface area contributed by atoms with Gasteiger partial charge in [-0.2, -0.15) is 5.26 Å². The number of aromatic amines is 1. The maximum Gasteiger partial charge on any atom is 0.342 e. The fourth-order valence-corrected chi connectivity index (χ4v) is 2.26. The maximum atomic E-state index is 11.9. The monoisotopic (exact) mass is 335 g/mol. The second kappa shape index (κ2) is 6.76. The molecule has 3 rings (SSSR count). The molecule has 7 heteroatoms. The van der Waals surface area contributed by atoms with Gasteiger partial charge < -0.3 is 19.9 Å². The first kappa shape index (κ1) is 16.1. The first-order chi connectivity index (χ1) is 12.1. The van der Waals surface area contributed by atoms with Gasteiger partial charge in [-0.3, -0.25) is 0 Å². The first-order valence-corrected chi connectivity index (χ1v) is 7.32. The Morgan fingerprint density at radius 3 is 2.64 bits per heavy atom. The lowest BCUT2D eigenvalue weighted by molar-refractivity contribution is 0.0499. The third-order valence-electron chi connectivity index (χ3n) is 3.49. The van der Waals surface area contributed by atoms with Gasteiger partial charge in [0.05, 0.1) is 11.0 Å². The highest BCUT2D eigenvalue weighted by atomic mass is 16.5. The average Bonchev–Trinajstić information content (AvgIpc) is 3.04. The Hall–Kier alpha value is -3.79. The average molecular weight is 335 g/mol. The molecule has 25 heavy (non-hydrogen) atoms. The number of nitriles is 1. The number of aliphatic hydroxyl groups excluding tert-OH is 1. The molecule has 0 unspecified atom stereocenters. The molecule has 0 bridgehead atoms. The molecule has 3 N–H and O–H groups in total. The molecule has 0 atom stereocenters. The number of aromatic hydroxyl groups is 1. The molecule has 0 spiro atoms. The molecule has 0 radical (unpaired) electrons. The van der Waals surface area contributed by atoms with Crippen molar-refractivity contribution in [2.24, 2.45) is 0 Å². The van der Waals surface area contributed by atoms with Crippen LogP contribution in [0.5, 0.6) is 5.75 Å². The summed E-state index contributed by atoms with van der Waals surface area (Å²) in [5.74, 6) is -1.30. The Morgan fingerprint density at radius 1 is 1.20 bits per heavy atom. The van der Waals surface area contributed by atoms with E-state index < -0.39 is 18.3 Å². The number of benzene rings is 2. The van der Waals surface area contributed by atoms with Gasteiger partial charge in [-0.1, -0.05) is 24.3 Å². The summed E-state index contributed by atoms with van der Waals surface area (Å²) in [5, 5.41) is 29.0. The molecule has 0 amide bonds. The quantitative estimate of drug-likeness (QED) is 0.383. The molecule has 124 valence electrons. The van der Waals surface area contributed by atoms with Crippen LogP contribution < -0.4 is 0 Å². The number of phenolic OH excluding ortho intramolecular Hbond substituents is 1. The van der Waals surface area contributed by atoms with E-state index >= 15 is 0 Å². The number of aliphatic hydroxyl groups is 1. The van der Waals surface area contributed by atoms with Gasteiger partial charge in [0.15, 0.2) is 11.6 Å². The van der Waals surface area contributed by atoms with Crippen LogP contribution in [0, 0.1) is 11.3 Å². The number of hydrogen-bond donors (Lipinski definition) is 3. The summed E-state index contributed by atoms with van der Waals surface area (Å²) in [6.07, 6.45) is 0. The normalized spacial score (nSPS) is 11.6. The van der Waals surface area contributed by atoms with Gasteiger partial charge in [-0.05, 0) is 24.3 Å². The number of allylic oxidation sites excluding steroid dienone is 1. The fourth-order valence-electron chi connectivity index (χ4n) is 2.26. The molecule has 2 aromatic carbocycles. The standard InChI is InChI=1S/C18H13N3O4/c19-9-12(17-20-13-6-2-3-7-14(13)21-17)16(23)10-25-18(24)11-5-1-4-8-15(11)22/h1-8,22-23H,10H2,(H,20,21)/b16-12+. The Balaban J connectivity index is 1.81. The number of aromatic nitrogens is 2. The zero-order valence-electron chi connectivity index (χ0n) is 12.9. The molecular formula is C18H13N3O4. The molecule has 3 aromatic rings. The number of rotatable bonds is 4. The van der Waals surface area contributed by atoms with E-state index in [1.807, 2.05) is 12.1 Å². The Morgan fingerprint density at radius 2 is 1.92 bits per heavy atom. The Bertz CT molecular complexity index is 981. The van der Waals surface area contributed by atoms with Gasteiger partial charge in [0.25, 0.3) is 0 Å². The SMILES string of the molecule is N#C/C(=C(\O)COC(=O)c1ccccc1O)c1nc2ccccc2[nH]1. The summed E-state index contributed by atoms with van der Waals surface area (Å²) >= 11 is 0. The second-order valence-electron chi connectivity index (χ2n) is 5.13. The van der Waals surface area contributed by atoms with Crippen molar-refractivity contribution >= 4 is 22.6 Å². The van der Waals surface area contributed by atoms with Crippen molar-refractivity contribution in [3.05, 3.63) is 65.7 Å². The number of hydrogen-bond acceptors (Lipinski definition) is 6. The van der Waals surface area contributed by atoms with Crippen LogP contribution in [0.4, 0.5) is 0 Å². The zero-order valence-corrected chi connectivity index (χ0v) is 12.9. The molecular weight excluding hydrogens is 322 g/mol. The van der Waals surface area contributed by atoms with Gasteiger partial charge in [0, 0.05) is 0 Å². The molecule has 0 aliphatic heterocycles. The topological polar surface area (TPSA) is 119 Å². The highest BCUT2D eigenvalue weighted by Gasteiger charge is 2.16. The van der Waals surface area contributed by atoms with Crippen LogP contribution in [0.2, 0.25) is 0 Å². The molecule has 0 fully saturated rings. The third kappa shape index (κ3) is 3.28. The van der Waals surface area contributed by atoms with Crippen LogP contribution in [0.3, 0.4) is 0 Å². The lowest BCUT2D eigenvalue weighted by Gasteiger charge is -2.06. The molecule has 0 saturated carbocycles. The predicted octanol–water partition coefficient (Wildman–Crippen LogP) is 2.92. The minimum absolute atomic E-state index is 0.0301. The van der Waals surface area contributed by atoms with E-state index in [0.717, 1.165) is 0 Å². The summed E-state index contributed by atoms with van der Waals surface area (Å²) in [6.45, 7) is -0.521. The summed E-state index contributed by atoms with van der Waals surface area (Å²) in [6, 6.07) is 14.9. The van der Waals surface area contributed by atoms with Crippen molar-refractivity contribution in [3.8, 4) is 11.8 Å². The van der Waals surface area contributed by atoms with Crippen molar-refractivity contribution in [1.29, 1.82) is 5.26 Å². The number of nitrogens with zero attached hydrogens (tertiary/aromatic N) is 2. The number of carbonyl (C=O) groups excluding carboxylic acids is 1. The van der Waals surface area contributed by atoms with Crippen molar-refractivity contribution in [2.75, 3.05) is 6.61 Å². The van der Waals surface area contributed by atoms with Gasteiger partial charge in [0.1, 0.15) is 29.6 Å². The smallest absolute Gasteiger partial charge is 0.342 e. The lowest BCUT2D eigenvalue weighted by Crippen LogP contribution is -2.09. The van der Waals surface area contributed by atoms with E-state index in [4.69, 9.17) is 4.74 Å². The van der Waals surface area contributed by atoms with Gasteiger partial charge in [-0.15, -0.1) is 0 Å². The first-order valence-electron chi connectivity index (χ1n) is 7.32. The van der Waals surface area contributed by atoms with Crippen molar-refractivity contribution in [2.45, 2.75) is 0 Å². The summed E-state index contributed by atoms with van der Waals surface area (Å²) in [4.78, 5) is 19.1.